The van der Waals surface area contributed by atoms with Crippen LogP contribution in [0.15, 0.2) is 0 Å². The monoisotopic (exact) mass is 372 g/mol. The Morgan fingerprint density at radius 1 is 1.16 bits per heavy atom. The summed E-state index contributed by atoms with van der Waals surface area (Å²) in [4.78, 5) is 14.3. The zero-order valence-corrected chi connectivity index (χ0v) is 19.0. The van der Waals surface area contributed by atoms with E-state index in [1.165, 1.54) is 0 Å². The number of ether oxygens (including phenoxy) is 1. The third-order valence-corrected chi connectivity index (χ3v) is 9.58. The van der Waals surface area contributed by atoms with Gasteiger partial charge in [0.15, 0.2) is 8.32 Å². The highest BCUT2D eigenvalue weighted by molar-refractivity contribution is 6.74. The Kier molecular flexibility index (Phi) is 7.15. The van der Waals surface area contributed by atoms with Crippen molar-refractivity contribution in [1.82, 2.24) is 10.2 Å². The van der Waals surface area contributed by atoms with Crippen molar-refractivity contribution in [1.29, 1.82) is 0 Å². The van der Waals surface area contributed by atoms with Crippen molar-refractivity contribution in [3.8, 4) is 0 Å². The first-order chi connectivity index (χ1) is 11.1. The van der Waals surface area contributed by atoms with Gasteiger partial charge in [0, 0.05) is 31.6 Å². The van der Waals surface area contributed by atoms with Gasteiger partial charge in [0.1, 0.15) is 5.60 Å². The number of hydrogen-bond donors (Lipinski definition) is 1. The van der Waals surface area contributed by atoms with Crippen LogP contribution in [0.5, 0.6) is 0 Å². The lowest BCUT2D eigenvalue weighted by Crippen LogP contribution is -2.47. The summed E-state index contributed by atoms with van der Waals surface area (Å²) >= 11 is 0. The summed E-state index contributed by atoms with van der Waals surface area (Å²) in [6.45, 7) is 23.5. The van der Waals surface area contributed by atoms with E-state index in [1.807, 2.05) is 25.7 Å². The quantitative estimate of drug-likeness (QED) is 0.733. The number of nitrogens with one attached hydrogen (secondary N) is 1. The fraction of sp³-hybridized carbons (Fsp3) is 0.947. The highest BCUT2D eigenvalue weighted by Crippen LogP contribution is 2.39. The second-order valence-electron chi connectivity index (χ2n) is 10.1. The van der Waals surface area contributed by atoms with Gasteiger partial charge in [-0.2, -0.15) is 0 Å². The van der Waals surface area contributed by atoms with Crippen LogP contribution in [0.2, 0.25) is 18.1 Å². The second kappa shape index (κ2) is 7.97. The smallest absolute Gasteiger partial charge is 0.410 e. The van der Waals surface area contributed by atoms with Gasteiger partial charge in [0.25, 0.3) is 0 Å². The molecular formula is C19H40N2O3Si. The van der Waals surface area contributed by atoms with E-state index in [1.54, 1.807) is 0 Å². The average molecular weight is 373 g/mol. The van der Waals surface area contributed by atoms with E-state index in [0.717, 1.165) is 6.54 Å². The van der Waals surface area contributed by atoms with Crippen LogP contribution in [0.3, 0.4) is 0 Å². The molecule has 0 saturated carbocycles. The summed E-state index contributed by atoms with van der Waals surface area (Å²) in [5, 5.41) is 3.66. The van der Waals surface area contributed by atoms with Crippen LogP contribution in [-0.2, 0) is 9.16 Å². The number of likely N-dealkylation sites (tertiary alicyclic amines) is 1. The maximum absolute atomic E-state index is 12.5. The minimum atomic E-state index is -1.89. The molecule has 1 N–H and O–H groups in total. The molecule has 1 fully saturated rings. The molecule has 0 aromatic carbocycles. The molecule has 148 valence electrons. The zero-order valence-electron chi connectivity index (χ0n) is 18.0. The van der Waals surface area contributed by atoms with Crippen molar-refractivity contribution in [2.75, 3.05) is 19.6 Å². The summed E-state index contributed by atoms with van der Waals surface area (Å²) in [7, 11) is -1.89. The SMILES string of the molecule is CC(C)NC[C@@H]1CN(C(=O)OC(C)(C)C)CC1O[Si](C)(C)C(C)(C)C. The lowest BCUT2D eigenvalue weighted by molar-refractivity contribution is 0.0272. The Labute approximate surface area is 156 Å². The largest absolute Gasteiger partial charge is 0.444 e. The van der Waals surface area contributed by atoms with Crippen molar-refractivity contribution in [3.63, 3.8) is 0 Å². The number of carbonyl (C=O) groups is 1. The Morgan fingerprint density at radius 2 is 1.72 bits per heavy atom. The van der Waals surface area contributed by atoms with Crippen LogP contribution in [0.25, 0.3) is 0 Å². The summed E-state index contributed by atoms with van der Waals surface area (Å²) in [6.07, 6.45) is -0.164. The Balaban J connectivity index is 2.85. The maximum Gasteiger partial charge on any atom is 0.410 e. The molecule has 1 heterocycles. The Morgan fingerprint density at radius 3 is 2.16 bits per heavy atom. The van der Waals surface area contributed by atoms with E-state index in [-0.39, 0.29) is 17.2 Å². The number of amides is 1. The van der Waals surface area contributed by atoms with E-state index >= 15 is 0 Å². The normalized spacial score (nSPS) is 22.6. The minimum absolute atomic E-state index is 0.0691. The van der Waals surface area contributed by atoms with E-state index in [0.29, 0.717) is 25.0 Å². The minimum Gasteiger partial charge on any atom is -0.444 e. The van der Waals surface area contributed by atoms with Crippen molar-refractivity contribution < 1.29 is 14.0 Å². The fourth-order valence-electron chi connectivity index (χ4n) is 2.59. The van der Waals surface area contributed by atoms with Crippen molar-refractivity contribution in [2.45, 2.75) is 91.3 Å². The molecule has 5 nitrogen and oxygen atoms in total. The summed E-state index contributed by atoms with van der Waals surface area (Å²) in [5.74, 6) is 0.295. The molecule has 1 saturated heterocycles. The van der Waals surface area contributed by atoms with E-state index < -0.39 is 13.9 Å². The molecule has 0 aromatic heterocycles. The van der Waals surface area contributed by atoms with Crippen LogP contribution in [0.1, 0.15) is 55.4 Å². The van der Waals surface area contributed by atoms with Crippen molar-refractivity contribution in [2.24, 2.45) is 5.92 Å². The number of carbonyl (C=O) groups excluding carboxylic acids is 1. The third-order valence-electron chi connectivity index (χ3n) is 5.07. The topological polar surface area (TPSA) is 50.8 Å². The van der Waals surface area contributed by atoms with Gasteiger partial charge >= 0.3 is 6.09 Å². The maximum atomic E-state index is 12.5. The molecule has 1 unspecified atom stereocenters. The predicted octanol–water partition coefficient (Wildman–Crippen LogP) is 4.24. The van der Waals surface area contributed by atoms with Crippen LogP contribution in [0.4, 0.5) is 4.79 Å². The molecule has 1 aliphatic rings. The Bertz CT molecular complexity index is 453. The van der Waals surface area contributed by atoms with Gasteiger partial charge in [-0.1, -0.05) is 34.6 Å². The van der Waals surface area contributed by atoms with Gasteiger partial charge in [-0.15, -0.1) is 0 Å². The second-order valence-corrected chi connectivity index (χ2v) is 14.9. The highest BCUT2D eigenvalue weighted by Gasteiger charge is 2.44. The van der Waals surface area contributed by atoms with Gasteiger partial charge in [0.2, 0.25) is 0 Å². The number of nitrogens with zero attached hydrogens (tertiary/aromatic N) is 1. The first-order valence-electron chi connectivity index (χ1n) is 9.51. The van der Waals surface area contributed by atoms with Crippen LogP contribution < -0.4 is 5.32 Å². The molecule has 0 aliphatic carbocycles. The number of rotatable bonds is 5. The molecule has 0 aromatic rings. The summed E-state index contributed by atoms with van der Waals surface area (Å²) in [5.41, 5.74) is -0.471. The summed E-state index contributed by atoms with van der Waals surface area (Å²) < 4.78 is 12.2. The standard InChI is InChI=1S/C19H40N2O3Si/c1-14(2)20-11-15-12-21(17(22)23-18(3,4)5)13-16(15)24-25(9,10)19(6,7)8/h14-16,20H,11-13H2,1-10H3/t15-,16?/m1/s1. The van der Waals surface area contributed by atoms with Crippen molar-refractivity contribution >= 4 is 14.4 Å². The van der Waals surface area contributed by atoms with E-state index in [2.05, 4.69) is 53.0 Å². The Hall–Kier alpha value is -0.593. The third kappa shape index (κ3) is 6.91. The molecule has 6 heteroatoms. The molecule has 1 rings (SSSR count). The van der Waals surface area contributed by atoms with Gasteiger partial charge in [0.05, 0.1) is 6.10 Å². The molecule has 25 heavy (non-hydrogen) atoms. The highest BCUT2D eigenvalue weighted by atomic mass is 28.4. The predicted molar refractivity (Wildman–Crippen MR) is 107 cm³/mol. The molecule has 1 amide bonds. The molecule has 1 aliphatic heterocycles. The molecule has 0 radical (unpaired) electrons. The number of hydrogen-bond acceptors (Lipinski definition) is 4. The zero-order chi connectivity index (χ0) is 19.6. The van der Waals surface area contributed by atoms with Crippen LogP contribution in [0, 0.1) is 5.92 Å². The van der Waals surface area contributed by atoms with Gasteiger partial charge in [-0.05, 0) is 38.9 Å². The van der Waals surface area contributed by atoms with Gasteiger partial charge in [-0.3, -0.25) is 0 Å². The van der Waals surface area contributed by atoms with Crippen LogP contribution >= 0.6 is 0 Å². The van der Waals surface area contributed by atoms with Crippen molar-refractivity contribution in [3.05, 3.63) is 0 Å². The molecule has 0 bridgehead atoms. The molecule has 2 atom stereocenters. The van der Waals surface area contributed by atoms with Gasteiger partial charge in [-0.25, -0.2) is 4.79 Å². The first-order valence-corrected chi connectivity index (χ1v) is 12.4. The first kappa shape index (κ1) is 22.4. The lowest BCUT2D eigenvalue weighted by Gasteiger charge is -2.39. The summed E-state index contributed by atoms with van der Waals surface area (Å²) in [6, 6.07) is 0.420. The van der Waals surface area contributed by atoms with Crippen LogP contribution in [-0.4, -0.2) is 56.7 Å². The molecular weight excluding hydrogens is 332 g/mol. The average Bonchev–Trinajstić information content (AvgIpc) is 2.75. The lowest BCUT2D eigenvalue weighted by atomic mass is 10.1. The van der Waals surface area contributed by atoms with Gasteiger partial charge < -0.3 is 19.4 Å². The molecule has 0 spiro atoms. The van der Waals surface area contributed by atoms with E-state index in [9.17, 15) is 4.79 Å². The van der Waals surface area contributed by atoms with E-state index in [4.69, 9.17) is 9.16 Å². The fourth-order valence-corrected chi connectivity index (χ4v) is 3.97.